The molecule has 1 aromatic heterocycles. The molecular weight excluding hydrogens is 222 g/mol. The lowest BCUT2D eigenvalue weighted by Crippen LogP contribution is -2.24. The van der Waals surface area contributed by atoms with Crippen molar-refractivity contribution in [2.75, 3.05) is 0 Å². The first-order valence-electron chi connectivity index (χ1n) is 7.55. The van der Waals surface area contributed by atoms with Gasteiger partial charge in [0.05, 0.1) is 12.0 Å². The maximum Gasteiger partial charge on any atom is 0.0948 e. The Morgan fingerprint density at radius 1 is 1.28 bits per heavy atom. The molecule has 1 N–H and O–H groups in total. The van der Waals surface area contributed by atoms with E-state index in [1.54, 1.807) is 0 Å². The molecule has 2 unspecified atom stereocenters. The van der Waals surface area contributed by atoms with Gasteiger partial charge in [-0.3, -0.25) is 0 Å². The van der Waals surface area contributed by atoms with Crippen molar-refractivity contribution in [2.45, 2.75) is 64.6 Å². The number of nitrogens with zero attached hydrogens (tertiary/aromatic N) is 2. The van der Waals surface area contributed by atoms with Gasteiger partial charge >= 0.3 is 0 Å². The molecule has 0 aromatic carbocycles. The lowest BCUT2D eigenvalue weighted by molar-refractivity contribution is 0.226. The van der Waals surface area contributed by atoms with E-state index in [9.17, 15) is 0 Å². The third kappa shape index (κ3) is 2.94. The quantitative estimate of drug-likeness (QED) is 0.867. The van der Waals surface area contributed by atoms with Crippen LogP contribution in [0.4, 0.5) is 0 Å². The standard InChI is InChI=1S/C15H25N3/c1-12-4-2-3-5-13(12)10-18-11-16-8-15(18)9-17-14-6-7-14/h8,11-14,17H,2-7,9-10H2,1H3. The Kier molecular flexibility index (Phi) is 3.69. The number of hydrogen-bond donors (Lipinski definition) is 1. The van der Waals surface area contributed by atoms with Crippen LogP contribution in [0.2, 0.25) is 0 Å². The number of imidazole rings is 1. The predicted octanol–water partition coefficient (Wildman–Crippen LogP) is 2.96. The second-order valence-corrected chi connectivity index (χ2v) is 6.21. The van der Waals surface area contributed by atoms with Gasteiger partial charge in [0.2, 0.25) is 0 Å². The molecule has 100 valence electrons. The summed E-state index contributed by atoms with van der Waals surface area (Å²) in [4.78, 5) is 4.33. The van der Waals surface area contributed by atoms with Crippen LogP contribution in [-0.4, -0.2) is 15.6 Å². The van der Waals surface area contributed by atoms with Gasteiger partial charge in [0.25, 0.3) is 0 Å². The Morgan fingerprint density at radius 2 is 2.11 bits per heavy atom. The smallest absolute Gasteiger partial charge is 0.0948 e. The topological polar surface area (TPSA) is 29.9 Å². The van der Waals surface area contributed by atoms with Crippen molar-refractivity contribution in [3.8, 4) is 0 Å². The van der Waals surface area contributed by atoms with Gasteiger partial charge in [-0.05, 0) is 31.1 Å². The van der Waals surface area contributed by atoms with Crippen molar-refractivity contribution in [1.82, 2.24) is 14.9 Å². The molecule has 3 heteroatoms. The summed E-state index contributed by atoms with van der Waals surface area (Å²) in [7, 11) is 0. The molecule has 0 aliphatic heterocycles. The van der Waals surface area contributed by atoms with Crippen molar-refractivity contribution in [2.24, 2.45) is 11.8 Å². The molecule has 0 amide bonds. The van der Waals surface area contributed by atoms with E-state index < -0.39 is 0 Å². The van der Waals surface area contributed by atoms with Gasteiger partial charge in [-0.15, -0.1) is 0 Å². The van der Waals surface area contributed by atoms with E-state index in [1.165, 1.54) is 50.8 Å². The minimum absolute atomic E-state index is 0.780. The number of rotatable bonds is 5. The molecule has 3 rings (SSSR count). The average Bonchev–Trinajstić information content (AvgIpc) is 3.10. The fourth-order valence-corrected chi connectivity index (χ4v) is 3.11. The van der Waals surface area contributed by atoms with Crippen LogP contribution in [0.15, 0.2) is 12.5 Å². The van der Waals surface area contributed by atoms with Gasteiger partial charge in [0.1, 0.15) is 0 Å². The highest BCUT2D eigenvalue weighted by Gasteiger charge is 2.23. The number of hydrogen-bond acceptors (Lipinski definition) is 2. The molecule has 3 nitrogen and oxygen atoms in total. The van der Waals surface area contributed by atoms with Gasteiger partial charge in [0, 0.05) is 25.3 Å². The van der Waals surface area contributed by atoms with Gasteiger partial charge in [0.15, 0.2) is 0 Å². The van der Waals surface area contributed by atoms with Crippen LogP contribution in [0, 0.1) is 11.8 Å². The third-order valence-corrected chi connectivity index (χ3v) is 4.67. The molecular formula is C15H25N3. The normalized spacial score (nSPS) is 28.5. The zero-order valence-electron chi connectivity index (χ0n) is 11.4. The first kappa shape index (κ1) is 12.2. The summed E-state index contributed by atoms with van der Waals surface area (Å²) in [5, 5.41) is 3.59. The van der Waals surface area contributed by atoms with Crippen LogP contribution in [0.5, 0.6) is 0 Å². The van der Waals surface area contributed by atoms with E-state index in [4.69, 9.17) is 0 Å². The first-order valence-corrected chi connectivity index (χ1v) is 7.55. The summed E-state index contributed by atoms with van der Waals surface area (Å²) in [5.41, 5.74) is 1.36. The Bertz CT molecular complexity index is 381. The minimum Gasteiger partial charge on any atom is -0.333 e. The van der Waals surface area contributed by atoms with Crippen LogP contribution in [0.25, 0.3) is 0 Å². The average molecular weight is 247 g/mol. The highest BCUT2D eigenvalue weighted by atomic mass is 15.1. The SMILES string of the molecule is CC1CCCCC1Cn1cncc1CNC1CC1. The maximum atomic E-state index is 4.33. The Labute approximate surface area is 110 Å². The summed E-state index contributed by atoms with van der Waals surface area (Å²) in [6, 6.07) is 0.780. The summed E-state index contributed by atoms with van der Waals surface area (Å²) >= 11 is 0. The Hall–Kier alpha value is -0.830. The highest BCUT2D eigenvalue weighted by molar-refractivity contribution is 5.00. The van der Waals surface area contributed by atoms with E-state index >= 15 is 0 Å². The minimum atomic E-state index is 0.780. The fraction of sp³-hybridized carbons (Fsp3) is 0.800. The molecule has 1 aromatic rings. The monoisotopic (exact) mass is 247 g/mol. The lowest BCUT2D eigenvalue weighted by atomic mass is 9.80. The summed E-state index contributed by atoms with van der Waals surface area (Å²) in [6.07, 6.45) is 12.4. The summed E-state index contributed by atoms with van der Waals surface area (Å²) in [6.45, 7) is 4.58. The molecule has 0 spiro atoms. The molecule has 0 radical (unpaired) electrons. The van der Waals surface area contributed by atoms with Gasteiger partial charge in [-0.25, -0.2) is 4.98 Å². The van der Waals surface area contributed by atoms with Gasteiger partial charge < -0.3 is 9.88 Å². The highest BCUT2D eigenvalue weighted by Crippen LogP contribution is 2.31. The zero-order chi connectivity index (χ0) is 12.4. The second-order valence-electron chi connectivity index (χ2n) is 6.21. The molecule has 18 heavy (non-hydrogen) atoms. The van der Waals surface area contributed by atoms with Crippen molar-refractivity contribution in [3.63, 3.8) is 0 Å². The van der Waals surface area contributed by atoms with Crippen LogP contribution in [0.3, 0.4) is 0 Å². The summed E-state index contributed by atoms with van der Waals surface area (Å²) in [5.74, 6) is 1.73. The number of aromatic nitrogens is 2. The molecule has 2 atom stereocenters. The van der Waals surface area contributed by atoms with E-state index in [0.29, 0.717) is 0 Å². The molecule has 2 saturated carbocycles. The van der Waals surface area contributed by atoms with Crippen molar-refractivity contribution >= 4 is 0 Å². The lowest BCUT2D eigenvalue weighted by Gasteiger charge is -2.29. The first-order chi connectivity index (χ1) is 8.83. The second kappa shape index (κ2) is 5.43. The molecule has 2 fully saturated rings. The third-order valence-electron chi connectivity index (χ3n) is 4.67. The predicted molar refractivity (Wildman–Crippen MR) is 73.2 cm³/mol. The molecule has 1 heterocycles. The van der Waals surface area contributed by atoms with Gasteiger partial charge in [-0.2, -0.15) is 0 Å². The largest absolute Gasteiger partial charge is 0.333 e. The zero-order valence-corrected chi connectivity index (χ0v) is 11.4. The van der Waals surface area contributed by atoms with E-state index in [1.807, 2.05) is 12.5 Å². The van der Waals surface area contributed by atoms with Crippen LogP contribution in [0.1, 0.15) is 51.1 Å². The van der Waals surface area contributed by atoms with E-state index in [0.717, 1.165) is 24.4 Å². The maximum absolute atomic E-state index is 4.33. The van der Waals surface area contributed by atoms with Gasteiger partial charge in [-0.1, -0.05) is 26.2 Å². The fourth-order valence-electron chi connectivity index (χ4n) is 3.11. The van der Waals surface area contributed by atoms with Crippen molar-refractivity contribution < 1.29 is 0 Å². The number of nitrogens with one attached hydrogen (secondary N) is 1. The van der Waals surface area contributed by atoms with Crippen molar-refractivity contribution in [1.29, 1.82) is 0 Å². The Balaban J connectivity index is 1.58. The molecule has 2 aliphatic rings. The van der Waals surface area contributed by atoms with Crippen LogP contribution >= 0.6 is 0 Å². The van der Waals surface area contributed by atoms with Crippen LogP contribution in [-0.2, 0) is 13.1 Å². The molecule has 0 bridgehead atoms. The van der Waals surface area contributed by atoms with E-state index in [2.05, 4.69) is 21.8 Å². The Morgan fingerprint density at radius 3 is 2.89 bits per heavy atom. The van der Waals surface area contributed by atoms with E-state index in [-0.39, 0.29) is 0 Å². The molecule has 0 saturated heterocycles. The summed E-state index contributed by atoms with van der Waals surface area (Å²) < 4.78 is 2.38. The van der Waals surface area contributed by atoms with Crippen LogP contribution < -0.4 is 5.32 Å². The molecule has 2 aliphatic carbocycles. The van der Waals surface area contributed by atoms with Crippen molar-refractivity contribution in [3.05, 3.63) is 18.2 Å².